The van der Waals surface area contributed by atoms with Crippen molar-refractivity contribution in [3.05, 3.63) is 0 Å². The van der Waals surface area contributed by atoms with Crippen LogP contribution < -0.4 is 0 Å². The van der Waals surface area contributed by atoms with E-state index < -0.39 is 9.84 Å². The van der Waals surface area contributed by atoms with Gasteiger partial charge < -0.3 is 4.74 Å². The van der Waals surface area contributed by atoms with E-state index in [1.807, 2.05) is 0 Å². The summed E-state index contributed by atoms with van der Waals surface area (Å²) in [6, 6.07) is 0. The molecule has 0 unspecified atom stereocenters. The molecule has 0 N–H and O–H groups in total. The molecule has 17 heavy (non-hydrogen) atoms. The van der Waals surface area contributed by atoms with Gasteiger partial charge in [-0.05, 0) is 30.6 Å². The first-order valence-corrected chi connectivity index (χ1v) is 9.18. The lowest BCUT2D eigenvalue weighted by Crippen LogP contribution is -2.38. The van der Waals surface area contributed by atoms with Gasteiger partial charge in [-0.1, -0.05) is 29.8 Å². The largest absolute Gasteiger partial charge is 0.381 e. The van der Waals surface area contributed by atoms with Crippen molar-refractivity contribution in [2.45, 2.75) is 33.1 Å². The molecule has 0 saturated carbocycles. The first-order valence-electron chi connectivity index (χ1n) is 6.23. The average Bonchev–Trinajstić information content (AvgIpc) is 2.27. The molecule has 0 amide bonds. The van der Waals surface area contributed by atoms with Crippen molar-refractivity contribution in [1.82, 2.24) is 0 Å². The van der Waals surface area contributed by atoms with Crippen LogP contribution in [-0.4, -0.2) is 38.5 Å². The molecule has 1 fully saturated rings. The molecule has 1 saturated heterocycles. The van der Waals surface area contributed by atoms with Crippen LogP contribution in [0.4, 0.5) is 0 Å². The molecule has 0 bridgehead atoms. The zero-order valence-electron chi connectivity index (χ0n) is 10.7. The number of rotatable bonds is 6. The van der Waals surface area contributed by atoms with Crippen molar-refractivity contribution in [1.29, 1.82) is 0 Å². The van der Waals surface area contributed by atoms with Crippen LogP contribution in [-0.2, 0) is 14.6 Å². The Balaban J connectivity index is 2.60. The van der Waals surface area contributed by atoms with Crippen LogP contribution in [0.2, 0.25) is 0 Å². The molecule has 3 nitrogen and oxygen atoms in total. The molecular weight excluding hydrogens is 304 g/mol. The second-order valence-corrected chi connectivity index (χ2v) is 8.27. The van der Waals surface area contributed by atoms with E-state index in [0.29, 0.717) is 30.6 Å². The van der Waals surface area contributed by atoms with Crippen LogP contribution in [0.25, 0.3) is 0 Å². The molecule has 1 heterocycles. The van der Waals surface area contributed by atoms with E-state index in [1.54, 1.807) is 0 Å². The van der Waals surface area contributed by atoms with Gasteiger partial charge >= 0.3 is 0 Å². The first-order chi connectivity index (χ1) is 7.89. The Kier molecular flexibility index (Phi) is 5.93. The molecule has 0 spiro atoms. The van der Waals surface area contributed by atoms with Crippen LogP contribution in [0.1, 0.15) is 33.1 Å². The fourth-order valence-corrected chi connectivity index (χ4v) is 5.39. The fourth-order valence-electron chi connectivity index (χ4n) is 2.07. The van der Waals surface area contributed by atoms with Crippen LogP contribution in [0, 0.1) is 11.3 Å². The molecule has 0 atom stereocenters. The molecule has 1 aliphatic heterocycles. The maximum atomic E-state index is 12.1. The van der Waals surface area contributed by atoms with Crippen LogP contribution in [0.15, 0.2) is 0 Å². The summed E-state index contributed by atoms with van der Waals surface area (Å²) in [6.07, 6.45) is 2.45. The predicted octanol–water partition coefficient (Wildman–Crippen LogP) is 2.64. The lowest BCUT2D eigenvalue weighted by Gasteiger charge is -2.35. The van der Waals surface area contributed by atoms with E-state index in [9.17, 15) is 8.42 Å². The van der Waals surface area contributed by atoms with Gasteiger partial charge in [-0.25, -0.2) is 8.42 Å². The zero-order valence-corrected chi connectivity index (χ0v) is 13.1. The van der Waals surface area contributed by atoms with Crippen LogP contribution in [0.5, 0.6) is 0 Å². The summed E-state index contributed by atoms with van der Waals surface area (Å²) in [6.45, 7) is 5.49. The van der Waals surface area contributed by atoms with E-state index in [1.165, 1.54) is 0 Å². The van der Waals surface area contributed by atoms with E-state index in [4.69, 9.17) is 4.74 Å². The normalized spacial score (nSPS) is 20.7. The third-order valence-corrected chi connectivity index (χ3v) is 6.47. The number of hydrogen-bond donors (Lipinski definition) is 0. The second-order valence-electron chi connectivity index (χ2n) is 5.52. The highest BCUT2D eigenvalue weighted by Gasteiger charge is 2.36. The Morgan fingerprint density at radius 3 is 2.35 bits per heavy atom. The Morgan fingerprint density at radius 2 is 1.88 bits per heavy atom. The summed E-state index contributed by atoms with van der Waals surface area (Å²) < 4.78 is 29.5. The smallest absolute Gasteiger partial charge is 0.150 e. The summed E-state index contributed by atoms with van der Waals surface area (Å²) in [5, 5.41) is 0.754. The molecule has 1 aliphatic rings. The van der Waals surface area contributed by atoms with Crippen molar-refractivity contribution in [3.63, 3.8) is 0 Å². The summed E-state index contributed by atoms with van der Waals surface area (Å²) in [7, 11) is -2.93. The minimum Gasteiger partial charge on any atom is -0.381 e. The van der Waals surface area contributed by atoms with Gasteiger partial charge in [0.25, 0.3) is 0 Å². The standard InChI is InChI=1S/C12H23BrO3S/c1-11(2)3-8-17(14,15)10-12(9-13)4-6-16-7-5-12/h11H,3-10H2,1-2H3. The Bertz CT molecular complexity index is 319. The third-order valence-electron chi connectivity index (χ3n) is 3.37. The fraction of sp³-hybridized carbons (Fsp3) is 1.00. The average molecular weight is 327 g/mol. The predicted molar refractivity (Wildman–Crippen MR) is 74.4 cm³/mol. The van der Waals surface area contributed by atoms with E-state index >= 15 is 0 Å². The summed E-state index contributed by atoms with van der Waals surface area (Å²) >= 11 is 3.48. The number of hydrogen-bond acceptors (Lipinski definition) is 3. The molecule has 1 rings (SSSR count). The van der Waals surface area contributed by atoms with Crippen molar-refractivity contribution in [3.8, 4) is 0 Å². The monoisotopic (exact) mass is 326 g/mol. The highest BCUT2D eigenvalue weighted by atomic mass is 79.9. The quantitative estimate of drug-likeness (QED) is 0.705. The molecule has 5 heteroatoms. The van der Waals surface area contributed by atoms with Gasteiger partial charge in [0.2, 0.25) is 0 Å². The van der Waals surface area contributed by atoms with Crippen LogP contribution in [0.3, 0.4) is 0 Å². The van der Waals surface area contributed by atoms with Gasteiger partial charge in [0, 0.05) is 18.5 Å². The lowest BCUT2D eigenvalue weighted by atomic mass is 9.85. The van der Waals surface area contributed by atoms with Crippen molar-refractivity contribution < 1.29 is 13.2 Å². The maximum Gasteiger partial charge on any atom is 0.150 e. The molecule has 0 aromatic heterocycles. The van der Waals surface area contributed by atoms with Crippen molar-refractivity contribution in [2.75, 3.05) is 30.0 Å². The highest BCUT2D eigenvalue weighted by Crippen LogP contribution is 2.34. The van der Waals surface area contributed by atoms with E-state index in [0.717, 1.165) is 24.6 Å². The minimum absolute atomic E-state index is 0.103. The minimum atomic E-state index is -2.93. The first kappa shape index (κ1) is 15.4. The summed E-state index contributed by atoms with van der Waals surface area (Å²) in [5.41, 5.74) is -0.103. The summed E-state index contributed by atoms with van der Waals surface area (Å²) in [4.78, 5) is 0. The van der Waals surface area contributed by atoms with Crippen LogP contribution >= 0.6 is 15.9 Å². The van der Waals surface area contributed by atoms with Crippen molar-refractivity contribution >= 4 is 25.8 Å². The third kappa shape index (κ3) is 5.26. The maximum absolute atomic E-state index is 12.1. The molecule has 0 aromatic carbocycles. The molecule has 0 radical (unpaired) electrons. The van der Waals surface area contributed by atoms with E-state index in [2.05, 4.69) is 29.8 Å². The number of halogens is 1. The van der Waals surface area contributed by atoms with E-state index in [-0.39, 0.29) is 5.41 Å². The molecule has 0 aromatic rings. The topological polar surface area (TPSA) is 43.4 Å². The number of ether oxygens (including phenoxy) is 1. The van der Waals surface area contributed by atoms with Gasteiger partial charge in [-0.3, -0.25) is 0 Å². The Hall–Kier alpha value is 0.390. The Morgan fingerprint density at radius 1 is 1.29 bits per heavy atom. The molecule has 0 aliphatic carbocycles. The van der Waals surface area contributed by atoms with Gasteiger partial charge in [0.15, 0.2) is 9.84 Å². The summed E-state index contributed by atoms with van der Waals surface area (Å²) in [5.74, 6) is 1.07. The Labute approximate surface area is 113 Å². The van der Waals surface area contributed by atoms with Gasteiger partial charge in [0.05, 0.1) is 11.5 Å². The van der Waals surface area contributed by atoms with Gasteiger partial charge in [-0.15, -0.1) is 0 Å². The SMILES string of the molecule is CC(C)CCS(=O)(=O)CC1(CBr)CCOCC1. The van der Waals surface area contributed by atoms with Gasteiger partial charge in [-0.2, -0.15) is 0 Å². The molecular formula is C12H23BrO3S. The number of alkyl halides is 1. The van der Waals surface area contributed by atoms with Crippen molar-refractivity contribution in [2.24, 2.45) is 11.3 Å². The lowest BCUT2D eigenvalue weighted by molar-refractivity contribution is 0.0367. The number of sulfone groups is 1. The zero-order chi connectivity index (χ0) is 12.9. The molecule has 102 valence electrons. The second kappa shape index (κ2) is 6.53. The van der Waals surface area contributed by atoms with Gasteiger partial charge in [0.1, 0.15) is 0 Å². The highest BCUT2D eigenvalue weighted by molar-refractivity contribution is 9.09.